The fourth-order valence-corrected chi connectivity index (χ4v) is 4.94. The molecule has 2 fully saturated rings. The quantitative estimate of drug-likeness (QED) is 0.744. The fourth-order valence-electron chi connectivity index (χ4n) is 3.82. The van der Waals surface area contributed by atoms with Gasteiger partial charge < -0.3 is 10.1 Å². The Kier molecular flexibility index (Phi) is 6.89. The smallest absolute Gasteiger partial charge is 0.240 e. The molecule has 27 heavy (non-hydrogen) atoms. The van der Waals surface area contributed by atoms with Crippen LogP contribution >= 0.6 is 0 Å². The van der Waals surface area contributed by atoms with Crippen LogP contribution in [0.1, 0.15) is 44.1 Å². The minimum Gasteiger partial charge on any atom is -0.376 e. The lowest BCUT2D eigenvalue weighted by atomic mass is 9.81. The zero-order valence-electron chi connectivity index (χ0n) is 15.9. The molecule has 1 atom stereocenters. The van der Waals surface area contributed by atoms with E-state index in [-0.39, 0.29) is 23.8 Å². The third kappa shape index (κ3) is 5.77. The molecule has 1 saturated heterocycles. The first-order valence-electron chi connectivity index (χ1n) is 9.89. The van der Waals surface area contributed by atoms with Gasteiger partial charge in [-0.15, -0.1) is 0 Å². The number of aryl methyl sites for hydroxylation is 1. The number of hydrogen-bond donors (Lipinski definition) is 2. The Morgan fingerprint density at radius 1 is 1.07 bits per heavy atom. The van der Waals surface area contributed by atoms with Gasteiger partial charge in [-0.3, -0.25) is 4.79 Å². The summed E-state index contributed by atoms with van der Waals surface area (Å²) in [5.74, 6) is 0.438. The van der Waals surface area contributed by atoms with Gasteiger partial charge in [0, 0.05) is 25.6 Å². The SMILES string of the molecule is Cc1ccc(S(=O)(=O)NCC2CCC(C(=O)NC[C@H]3CCCO3)CC2)cc1. The molecule has 7 heteroatoms. The van der Waals surface area contributed by atoms with Crippen LogP contribution in [0.4, 0.5) is 0 Å². The van der Waals surface area contributed by atoms with E-state index in [2.05, 4.69) is 10.0 Å². The molecule has 6 nitrogen and oxygen atoms in total. The van der Waals surface area contributed by atoms with Crippen molar-refractivity contribution in [3.05, 3.63) is 29.8 Å². The number of ether oxygens (including phenoxy) is 1. The van der Waals surface area contributed by atoms with Crippen LogP contribution in [0.2, 0.25) is 0 Å². The van der Waals surface area contributed by atoms with Gasteiger partial charge in [0.05, 0.1) is 11.0 Å². The van der Waals surface area contributed by atoms with Crippen molar-refractivity contribution in [2.45, 2.75) is 56.4 Å². The number of rotatable bonds is 7. The van der Waals surface area contributed by atoms with Crippen molar-refractivity contribution in [3.8, 4) is 0 Å². The molecule has 1 heterocycles. The monoisotopic (exact) mass is 394 g/mol. The minimum atomic E-state index is -3.47. The molecule has 1 aliphatic carbocycles. The Balaban J connectivity index is 1.40. The van der Waals surface area contributed by atoms with Crippen molar-refractivity contribution in [3.63, 3.8) is 0 Å². The maximum Gasteiger partial charge on any atom is 0.240 e. The zero-order valence-corrected chi connectivity index (χ0v) is 16.8. The Bertz CT molecular complexity index is 719. The number of amides is 1. The molecule has 1 saturated carbocycles. The van der Waals surface area contributed by atoms with Gasteiger partial charge in [0.1, 0.15) is 0 Å². The maximum atomic E-state index is 12.4. The molecule has 1 aliphatic heterocycles. The Morgan fingerprint density at radius 2 is 1.78 bits per heavy atom. The van der Waals surface area contributed by atoms with Gasteiger partial charge in [0.25, 0.3) is 0 Å². The number of carbonyl (C=O) groups is 1. The molecule has 1 aromatic rings. The lowest BCUT2D eigenvalue weighted by Gasteiger charge is -2.28. The number of carbonyl (C=O) groups excluding carboxylic acids is 1. The van der Waals surface area contributed by atoms with E-state index in [4.69, 9.17) is 4.74 Å². The van der Waals surface area contributed by atoms with Crippen molar-refractivity contribution in [1.82, 2.24) is 10.0 Å². The molecule has 150 valence electrons. The van der Waals surface area contributed by atoms with E-state index in [0.29, 0.717) is 18.0 Å². The summed E-state index contributed by atoms with van der Waals surface area (Å²) in [6.07, 6.45) is 5.63. The third-order valence-corrected chi connectivity index (χ3v) is 7.08. The third-order valence-electron chi connectivity index (χ3n) is 5.64. The lowest BCUT2D eigenvalue weighted by molar-refractivity contribution is -0.126. The molecule has 1 aromatic carbocycles. The van der Waals surface area contributed by atoms with E-state index in [1.54, 1.807) is 24.3 Å². The van der Waals surface area contributed by atoms with Crippen LogP contribution in [0.15, 0.2) is 29.2 Å². The van der Waals surface area contributed by atoms with Crippen LogP contribution in [0.3, 0.4) is 0 Å². The van der Waals surface area contributed by atoms with Crippen LogP contribution in [0.25, 0.3) is 0 Å². The molecule has 0 radical (unpaired) electrons. The van der Waals surface area contributed by atoms with Gasteiger partial charge in [-0.2, -0.15) is 0 Å². The minimum absolute atomic E-state index is 0.0383. The van der Waals surface area contributed by atoms with E-state index < -0.39 is 10.0 Å². The van der Waals surface area contributed by atoms with Gasteiger partial charge in [0.15, 0.2) is 0 Å². The molecular weight excluding hydrogens is 364 g/mol. The number of sulfonamides is 1. The summed E-state index contributed by atoms with van der Waals surface area (Å²) in [7, 11) is -3.47. The van der Waals surface area contributed by atoms with Crippen LogP contribution in [-0.2, 0) is 19.6 Å². The van der Waals surface area contributed by atoms with Crippen molar-refractivity contribution < 1.29 is 17.9 Å². The van der Waals surface area contributed by atoms with Gasteiger partial charge in [-0.05, 0) is 63.5 Å². The summed E-state index contributed by atoms with van der Waals surface area (Å²) in [6, 6.07) is 6.87. The van der Waals surface area contributed by atoms with Crippen molar-refractivity contribution >= 4 is 15.9 Å². The summed E-state index contributed by atoms with van der Waals surface area (Å²) in [6.45, 7) is 3.76. The van der Waals surface area contributed by atoms with Gasteiger partial charge in [-0.1, -0.05) is 17.7 Å². The zero-order chi connectivity index (χ0) is 19.3. The summed E-state index contributed by atoms with van der Waals surface area (Å²) in [5.41, 5.74) is 1.03. The molecule has 2 aliphatic rings. The second kappa shape index (κ2) is 9.17. The van der Waals surface area contributed by atoms with Crippen molar-refractivity contribution in [2.24, 2.45) is 11.8 Å². The van der Waals surface area contributed by atoms with Crippen molar-refractivity contribution in [2.75, 3.05) is 19.7 Å². The molecule has 3 rings (SSSR count). The molecule has 2 N–H and O–H groups in total. The predicted molar refractivity (Wildman–Crippen MR) is 104 cm³/mol. The largest absolute Gasteiger partial charge is 0.376 e. The van der Waals surface area contributed by atoms with E-state index in [0.717, 1.165) is 50.7 Å². The standard InChI is InChI=1S/C20H30N2O4S/c1-15-4-10-19(11-5-15)27(24,25)22-13-16-6-8-17(9-7-16)20(23)21-14-18-3-2-12-26-18/h4-5,10-11,16-18,22H,2-3,6-9,12-14H2,1H3,(H,21,23)/t16?,17?,18-/m1/s1. The van der Waals surface area contributed by atoms with E-state index in [1.165, 1.54) is 0 Å². The number of hydrogen-bond acceptors (Lipinski definition) is 4. The summed E-state index contributed by atoms with van der Waals surface area (Å²) >= 11 is 0. The molecule has 0 spiro atoms. The van der Waals surface area contributed by atoms with Crippen LogP contribution in [0.5, 0.6) is 0 Å². The summed E-state index contributed by atoms with van der Waals surface area (Å²) in [5, 5.41) is 3.02. The normalized spacial score (nSPS) is 26.0. The first-order valence-corrected chi connectivity index (χ1v) is 11.4. The predicted octanol–water partition coefficient (Wildman–Crippen LogP) is 2.37. The molecule has 0 bridgehead atoms. The Morgan fingerprint density at radius 3 is 2.41 bits per heavy atom. The number of benzene rings is 1. The van der Waals surface area contributed by atoms with Gasteiger partial charge in [-0.25, -0.2) is 13.1 Å². The summed E-state index contributed by atoms with van der Waals surface area (Å²) < 4.78 is 33.0. The van der Waals surface area contributed by atoms with Crippen LogP contribution in [-0.4, -0.2) is 40.1 Å². The fraction of sp³-hybridized carbons (Fsp3) is 0.650. The molecule has 0 aromatic heterocycles. The first-order chi connectivity index (χ1) is 12.9. The first kappa shape index (κ1) is 20.3. The topological polar surface area (TPSA) is 84.5 Å². The average molecular weight is 395 g/mol. The highest BCUT2D eigenvalue weighted by atomic mass is 32.2. The van der Waals surface area contributed by atoms with Crippen LogP contribution in [0, 0.1) is 18.8 Å². The highest BCUT2D eigenvalue weighted by molar-refractivity contribution is 7.89. The molecular formula is C20H30N2O4S. The van der Waals surface area contributed by atoms with Gasteiger partial charge >= 0.3 is 0 Å². The number of nitrogens with one attached hydrogen (secondary N) is 2. The average Bonchev–Trinajstić information content (AvgIpc) is 3.19. The second-order valence-electron chi connectivity index (χ2n) is 7.76. The van der Waals surface area contributed by atoms with E-state index in [9.17, 15) is 13.2 Å². The Hall–Kier alpha value is -1.44. The van der Waals surface area contributed by atoms with E-state index in [1.807, 2.05) is 6.92 Å². The highest BCUT2D eigenvalue weighted by Gasteiger charge is 2.28. The van der Waals surface area contributed by atoms with Crippen molar-refractivity contribution in [1.29, 1.82) is 0 Å². The van der Waals surface area contributed by atoms with Gasteiger partial charge in [0.2, 0.25) is 15.9 Å². The maximum absolute atomic E-state index is 12.4. The van der Waals surface area contributed by atoms with E-state index >= 15 is 0 Å². The summed E-state index contributed by atoms with van der Waals surface area (Å²) in [4.78, 5) is 12.6. The molecule has 1 amide bonds. The highest BCUT2D eigenvalue weighted by Crippen LogP contribution is 2.29. The lowest BCUT2D eigenvalue weighted by Crippen LogP contribution is -2.38. The second-order valence-corrected chi connectivity index (χ2v) is 9.53. The van der Waals surface area contributed by atoms with Crippen LogP contribution < -0.4 is 10.0 Å². The Labute approximate surface area is 162 Å². The molecule has 0 unspecified atom stereocenters.